The first kappa shape index (κ1) is 10.9. The Bertz CT molecular complexity index is 416. The minimum atomic E-state index is -0.143. The molecule has 1 aromatic rings. The largest absolute Gasteiger partial charge is 0.490 e. The van der Waals surface area contributed by atoms with E-state index in [4.69, 9.17) is 9.47 Å². The lowest BCUT2D eigenvalue weighted by Gasteiger charge is -2.39. The lowest BCUT2D eigenvalue weighted by Crippen LogP contribution is -2.37. The predicted molar refractivity (Wildman–Crippen MR) is 64.6 cm³/mol. The number of benzene rings is 1. The predicted octanol–water partition coefficient (Wildman–Crippen LogP) is 2.33. The smallest absolute Gasteiger partial charge is 0.161 e. The van der Waals surface area contributed by atoms with E-state index in [1.54, 1.807) is 0 Å². The first-order valence-corrected chi connectivity index (χ1v) is 6.33. The molecule has 3 rings (SSSR count). The molecule has 92 valence electrons. The van der Waals surface area contributed by atoms with E-state index in [2.05, 4.69) is 19.1 Å². The lowest BCUT2D eigenvalue weighted by atomic mass is 9.69. The number of ether oxygens (including phenoxy) is 2. The van der Waals surface area contributed by atoms with Crippen molar-refractivity contribution in [2.75, 3.05) is 13.2 Å². The molecule has 2 aliphatic rings. The second-order valence-electron chi connectivity index (χ2n) is 5.03. The highest BCUT2D eigenvalue weighted by Crippen LogP contribution is 2.44. The summed E-state index contributed by atoms with van der Waals surface area (Å²) in [5.74, 6) is 2.51. The van der Waals surface area contributed by atoms with Crippen molar-refractivity contribution < 1.29 is 14.6 Å². The Morgan fingerprint density at radius 1 is 1.18 bits per heavy atom. The van der Waals surface area contributed by atoms with Gasteiger partial charge in [0, 0.05) is 6.42 Å². The van der Waals surface area contributed by atoms with Gasteiger partial charge in [0.2, 0.25) is 0 Å². The topological polar surface area (TPSA) is 38.7 Å². The summed E-state index contributed by atoms with van der Waals surface area (Å²) in [6.45, 7) is 3.55. The zero-order valence-corrected chi connectivity index (χ0v) is 10.1. The van der Waals surface area contributed by atoms with Gasteiger partial charge in [-0.15, -0.1) is 0 Å². The summed E-state index contributed by atoms with van der Waals surface area (Å²) >= 11 is 0. The van der Waals surface area contributed by atoms with Crippen LogP contribution in [0.2, 0.25) is 0 Å². The Morgan fingerprint density at radius 3 is 2.65 bits per heavy atom. The molecular formula is C14H18O3. The number of aliphatic hydroxyl groups is 1. The van der Waals surface area contributed by atoms with Crippen LogP contribution in [0.3, 0.4) is 0 Å². The highest BCUT2D eigenvalue weighted by Gasteiger charge is 2.37. The van der Waals surface area contributed by atoms with Crippen LogP contribution in [0.25, 0.3) is 0 Å². The molecule has 0 aromatic heterocycles. The van der Waals surface area contributed by atoms with E-state index in [0.29, 0.717) is 11.8 Å². The fourth-order valence-corrected chi connectivity index (χ4v) is 2.61. The van der Waals surface area contributed by atoms with E-state index in [9.17, 15) is 5.11 Å². The molecule has 3 heteroatoms. The molecule has 0 spiro atoms. The van der Waals surface area contributed by atoms with Crippen LogP contribution in [0.15, 0.2) is 18.2 Å². The van der Waals surface area contributed by atoms with Crippen molar-refractivity contribution in [1.29, 1.82) is 0 Å². The van der Waals surface area contributed by atoms with Crippen molar-refractivity contribution in [2.45, 2.75) is 31.8 Å². The lowest BCUT2D eigenvalue weighted by molar-refractivity contribution is 0.0116. The Labute approximate surface area is 101 Å². The van der Waals surface area contributed by atoms with Crippen molar-refractivity contribution >= 4 is 0 Å². The third-order valence-corrected chi connectivity index (χ3v) is 3.94. The van der Waals surface area contributed by atoms with E-state index in [0.717, 1.165) is 37.6 Å². The molecule has 3 nitrogen and oxygen atoms in total. The quantitative estimate of drug-likeness (QED) is 0.810. The number of rotatable bonds is 1. The Morgan fingerprint density at radius 2 is 1.94 bits per heavy atom. The van der Waals surface area contributed by atoms with Crippen LogP contribution in [0, 0.1) is 5.92 Å². The van der Waals surface area contributed by atoms with E-state index in [1.807, 2.05) is 6.07 Å². The van der Waals surface area contributed by atoms with Gasteiger partial charge in [0.1, 0.15) is 0 Å². The van der Waals surface area contributed by atoms with Crippen LogP contribution in [-0.4, -0.2) is 24.4 Å². The fraction of sp³-hybridized carbons (Fsp3) is 0.571. The summed E-state index contributed by atoms with van der Waals surface area (Å²) in [6, 6.07) is 6.17. The van der Waals surface area contributed by atoms with Crippen molar-refractivity contribution in [3.8, 4) is 11.5 Å². The second kappa shape index (κ2) is 4.22. The average Bonchev–Trinajstić information content (AvgIpc) is 2.59. The maximum Gasteiger partial charge on any atom is 0.161 e. The van der Waals surface area contributed by atoms with Gasteiger partial charge in [0.15, 0.2) is 11.5 Å². The molecular weight excluding hydrogens is 216 g/mol. The first-order chi connectivity index (χ1) is 8.25. The van der Waals surface area contributed by atoms with Gasteiger partial charge in [-0.2, -0.15) is 0 Å². The van der Waals surface area contributed by atoms with Crippen LogP contribution in [0.1, 0.15) is 31.2 Å². The average molecular weight is 234 g/mol. The van der Waals surface area contributed by atoms with Gasteiger partial charge in [-0.05, 0) is 36.0 Å². The first-order valence-electron chi connectivity index (χ1n) is 6.33. The van der Waals surface area contributed by atoms with Gasteiger partial charge in [-0.25, -0.2) is 0 Å². The number of hydrogen-bond acceptors (Lipinski definition) is 3. The second-order valence-corrected chi connectivity index (χ2v) is 5.03. The minimum absolute atomic E-state index is 0.143. The summed E-state index contributed by atoms with van der Waals surface area (Å²) in [7, 11) is 0. The van der Waals surface area contributed by atoms with Crippen molar-refractivity contribution in [3.05, 3.63) is 23.8 Å². The van der Waals surface area contributed by atoms with Crippen molar-refractivity contribution in [3.63, 3.8) is 0 Å². The number of aliphatic hydroxyl groups excluding tert-OH is 1. The molecule has 1 heterocycles. The third-order valence-electron chi connectivity index (χ3n) is 3.94. The summed E-state index contributed by atoms with van der Waals surface area (Å²) < 4.78 is 11.3. The molecule has 0 amide bonds. The van der Waals surface area contributed by atoms with Gasteiger partial charge < -0.3 is 14.6 Å². The highest BCUT2D eigenvalue weighted by molar-refractivity contribution is 5.45. The maximum atomic E-state index is 9.58. The van der Waals surface area contributed by atoms with E-state index in [-0.39, 0.29) is 6.10 Å². The zero-order chi connectivity index (χ0) is 11.8. The number of hydrogen-bond donors (Lipinski definition) is 1. The highest BCUT2D eigenvalue weighted by atomic mass is 16.5. The maximum absolute atomic E-state index is 9.58. The summed E-state index contributed by atoms with van der Waals surface area (Å²) in [4.78, 5) is 0. The standard InChI is InChI=1S/C14H18O3/c1-9-11(8-12(9)15)10-3-4-13-14(7-10)17-6-2-5-16-13/h3-4,7,9,11-12,15H,2,5-6,8H2,1H3. The van der Waals surface area contributed by atoms with Crippen LogP contribution in [-0.2, 0) is 0 Å². The molecule has 3 atom stereocenters. The molecule has 1 fully saturated rings. The van der Waals surface area contributed by atoms with Crippen LogP contribution < -0.4 is 9.47 Å². The summed E-state index contributed by atoms with van der Waals surface area (Å²) in [5.41, 5.74) is 1.26. The van der Waals surface area contributed by atoms with Gasteiger partial charge >= 0.3 is 0 Å². The molecule has 1 aliphatic heterocycles. The van der Waals surface area contributed by atoms with Gasteiger partial charge in [-0.3, -0.25) is 0 Å². The van der Waals surface area contributed by atoms with Crippen molar-refractivity contribution in [2.24, 2.45) is 5.92 Å². The molecule has 0 saturated heterocycles. The molecule has 1 saturated carbocycles. The molecule has 0 radical (unpaired) electrons. The monoisotopic (exact) mass is 234 g/mol. The van der Waals surface area contributed by atoms with Gasteiger partial charge in [0.25, 0.3) is 0 Å². The summed E-state index contributed by atoms with van der Waals surface area (Å²) in [6.07, 6.45) is 1.65. The third kappa shape index (κ3) is 1.89. The fourth-order valence-electron chi connectivity index (χ4n) is 2.61. The van der Waals surface area contributed by atoms with E-state index in [1.165, 1.54) is 5.56 Å². The Kier molecular flexibility index (Phi) is 2.71. The molecule has 3 unspecified atom stereocenters. The Balaban J connectivity index is 1.85. The van der Waals surface area contributed by atoms with Crippen LogP contribution in [0.5, 0.6) is 11.5 Å². The minimum Gasteiger partial charge on any atom is -0.490 e. The number of fused-ring (bicyclic) bond motifs is 1. The van der Waals surface area contributed by atoms with Gasteiger partial charge in [-0.1, -0.05) is 13.0 Å². The Hall–Kier alpha value is -1.22. The van der Waals surface area contributed by atoms with Gasteiger partial charge in [0.05, 0.1) is 19.3 Å². The van der Waals surface area contributed by atoms with Crippen molar-refractivity contribution in [1.82, 2.24) is 0 Å². The molecule has 1 aromatic carbocycles. The van der Waals surface area contributed by atoms with Crippen LogP contribution in [0.4, 0.5) is 0 Å². The molecule has 0 bridgehead atoms. The SMILES string of the molecule is CC1C(O)CC1c1ccc2c(c1)OCCCO2. The van der Waals surface area contributed by atoms with E-state index < -0.39 is 0 Å². The van der Waals surface area contributed by atoms with Crippen LogP contribution >= 0.6 is 0 Å². The zero-order valence-electron chi connectivity index (χ0n) is 10.1. The molecule has 17 heavy (non-hydrogen) atoms. The normalized spacial score (nSPS) is 31.5. The molecule has 1 aliphatic carbocycles. The van der Waals surface area contributed by atoms with E-state index >= 15 is 0 Å². The molecule has 1 N–H and O–H groups in total. The summed E-state index contributed by atoms with van der Waals surface area (Å²) in [5, 5.41) is 9.58.